The molecular weight excluding hydrogens is 172 g/mol. The molecule has 0 radical (unpaired) electrons. The van der Waals surface area contributed by atoms with Crippen LogP contribution in [-0.4, -0.2) is 42.9 Å². The van der Waals surface area contributed by atoms with Crippen LogP contribution in [0.25, 0.3) is 0 Å². The van der Waals surface area contributed by atoms with E-state index < -0.39 is 0 Å². The molecule has 0 saturated carbocycles. The Morgan fingerprint density at radius 1 is 1.50 bits per heavy atom. The minimum Gasteiger partial charge on any atom is -0.380 e. The third-order valence-electron chi connectivity index (χ3n) is 1.84. The number of hydrogen-bond acceptors (Lipinski definition) is 2. The van der Waals surface area contributed by atoms with Crippen LogP contribution >= 0.6 is 12.2 Å². The van der Waals surface area contributed by atoms with Gasteiger partial charge >= 0.3 is 0 Å². The Labute approximate surface area is 79.1 Å². The van der Waals surface area contributed by atoms with Crippen molar-refractivity contribution in [3.05, 3.63) is 0 Å². The van der Waals surface area contributed by atoms with Gasteiger partial charge in [0.2, 0.25) is 0 Å². The first kappa shape index (κ1) is 9.74. The lowest BCUT2D eigenvalue weighted by atomic mass is 10.4. The smallest absolute Gasteiger partial charge is 0.169 e. The molecule has 0 spiro atoms. The van der Waals surface area contributed by atoms with Gasteiger partial charge in [0.15, 0.2) is 5.11 Å². The molecule has 1 rings (SSSR count). The molecule has 3 nitrogen and oxygen atoms in total. The van der Waals surface area contributed by atoms with E-state index >= 15 is 0 Å². The molecule has 4 heteroatoms. The molecule has 12 heavy (non-hydrogen) atoms. The molecule has 1 N–H and O–H groups in total. The van der Waals surface area contributed by atoms with Crippen molar-refractivity contribution >= 4 is 17.3 Å². The summed E-state index contributed by atoms with van der Waals surface area (Å²) < 4.78 is 5.32. The molecule has 1 heterocycles. The van der Waals surface area contributed by atoms with Crippen LogP contribution in [-0.2, 0) is 4.74 Å². The van der Waals surface area contributed by atoms with Crippen molar-refractivity contribution < 1.29 is 4.74 Å². The fourth-order valence-electron chi connectivity index (χ4n) is 1.21. The summed E-state index contributed by atoms with van der Waals surface area (Å²) in [4.78, 5) is 2.17. The number of hydrogen-bond donors (Lipinski definition) is 1. The molecule has 1 aliphatic heterocycles. The average Bonchev–Trinajstić information content (AvgIpc) is 2.32. The van der Waals surface area contributed by atoms with Crippen molar-refractivity contribution in [1.29, 1.82) is 0 Å². The van der Waals surface area contributed by atoms with E-state index in [9.17, 15) is 0 Å². The van der Waals surface area contributed by atoms with E-state index in [1.165, 1.54) is 0 Å². The predicted octanol–water partition coefficient (Wildman–Crippen LogP) is 0.603. The summed E-state index contributed by atoms with van der Waals surface area (Å²) in [6.07, 6.45) is 1.07. The molecular formula is C8H16N2OS. The van der Waals surface area contributed by atoms with Crippen LogP contribution in [0.3, 0.4) is 0 Å². The lowest BCUT2D eigenvalue weighted by Gasteiger charge is -2.22. The normalized spacial score (nSPS) is 18.6. The van der Waals surface area contributed by atoms with Gasteiger partial charge in [-0.3, -0.25) is 0 Å². The lowest BCUT2D eigenvalue weighted by molar-refractivity contribution is 0.147. The summed E-state index contributed by atoms with van der Waals surface area (Å²) in [5.41, 5.74) is 0. The van der Waals surface area contributed by atoms with Crippen LogP contribution < -0.4 is 5.32 Å². The molecule has 70 valence electrons. The van der Waals surface area contributed by atoms with Crippen LogP contribution in [0.2, 0.25) is 0 Å². The van der Waals surface area contributed by atoms with Gasteiger partial charge in [-0.1, -0.05) is 0 Å². The summed E-state index contributed by atoms with van der Waals surface area (Å²) in [6, 6.07) is 0. The van der Waals surface area contributed by atoms with Crippen molar-refractivity contribution in [2.45, 2.75) is 13.3 Å². The number of rotatable bonds is 1. The molecule has 0 amide bonds. The minimum atomic E-state index is 0.797. The molecule has 0 bridgehead atoms. The van der Waals surface area contributed by atoms with E-state index in [1.807, 2.05) is 0 Å². The highest BCUT2D eigenvalue weighted by molar-refractivity contribution is 7.80. The van der Waals surface area contributed by atoms with Crippen LogP contribution in [0.1, 0.15) is 13.3 Å². The van der Waals surface area contributed by atoms with E-state index in [0.29, 0.717) is 0 Å². The van der Waals surface area contributed by atoms with Crippen LogP contribution in [0, 0.1) is 0 Å². The lowest BCUT2D eigenvalue weighted by Crippen LogP contribution is -2.40. The third kappa shape index (κ3) is 2.95. The van der Waals surface area contributed by atoms with Crippen LogP contribution in [0.15, 0.2) is 0 Å². The predicted molar refractivity (Wildman–Crippen MR) is 53.3 cm³/mol. The summed E-state index contributed by atoms with van der Waals surface area (Å²) in [6.45, 7) is 6.56. The Morgan fingerprint density at radius 2 is 2.33 bits per heavy atom. The van der Waals surface area contributed by atoms with Crippen molar-refractivity contribution in [3.63, 3.8) is 0 Å². The number of ether oxygens (including phenoxy) is 1. The molecule has 0 aromatic carbocycles. The van der Waals surface area contributed by atoms with Gasteiger partial charge in [0.05, 0.1) is 6.61 Å². The van der Waals surface area contributed by atoms with Crippen molar-refractivity contribution in [3.8, 4) is 0 Å². The largest absolute Gasteiger partial charge is 0.380 e. The quantitative estimate of drug-likeness (QED) is 0.609. The van der Waals surface area contributed by atoms with Gasteiger partial charge in [-0.2, -0.15) is 0 Å². The van der Waals surface area contributed by atoms with Crippen LogP contribution in [0.4, 0.5) is 0 Å². The molecule has 1 saturated heterocycles. The van der Waals surface area contributed by atoms with E-state index in [-0.39, 0.29) is 0 Å². The maximum absolute atomic E-state index is 5.32. The topological polar surface area (TPSA) is 24.5 Å². The summed E-state index contributed by atoms with van der Waals surface area (Å²) in [7, 11) is 0. The third-order valence-corrected chi connectivity index (χ3v) is 2.24. The minimum absolute atomic E-state index is 0.797. The van der Waals surface area contributed by atoms with Crippen LogP contribution in [0.5, 0.6) is 0 Å². The fourth-order valence-corrected chi connectivity index (χ4v) is 1.54. The number of nitrogens with zero attached hydrogens (tertiary/aromatic N) is 1. The summed E-state index contributed by atoms with van der Waals surface area (Å²) >= 11 is 5.19. The van der Waals surface area contributed by atoms with Gasteiger partial charge < -0.3 is 15.0 Å². The standard InChI is InChI=1S/C8H16N2OS/c1-2-9-8(12)10-4-3-6-11-7-5-10/h2-7H2,1H3,(H,9,12). The van der Waals surface area contributed by atoms with Gasteiger partial charge in [-0.15, -0.1) is 0 Å². The second-order valence-electron chi connectivity index (χ2n) is 2.79. The second-order valence-corrected chi connectivity index (χ2v) is 3.18. The Bertz CT molecular complexity index is 144. The molecule has 0 aliphatic carbocycles. The van der Waals surface area contributed by atoms with Gasteiger partial charge in [0.1, 0.15) is 0 Å². The fraction of sp³-hybridized carbons (Fsp3) is 0.875. The van der Waals surface area contributed by atoms with E-state index in [4.69, 9.17) is 17.0 Å². The van der Waals surface area contributed by atoms with Gasteiger partial charge in [-0.25, -0.2) is 0 Å². The maximum atomic E-state index is 5.32. The Morgan fingerprint density at radius 3 is 3.08 bits per heavy atom. The molecule has 0 unspecified atom stereocenters. The van der Waals surface area contributed by atoms with Crippen molar-refractivity contribution in [1.82, 2.24) is 10.2 Å². The first-order valence-electron chi connectivity index (χ1n) is 4.45. The van der Waals surface area contributed by atoms with Gasteiger partial charge in [0, 0.05) is 26.2 Å². The first-order chi connectivity index (χ1) is 5.84. The van der Waals surface area contributed by atoms with E-state index in [2.05, 4.69) is 17.1 Å². The molecule has 1 fully saturated rings. The summed E-state index contributed by atoms with van der Waals surface area (Å²) in [5.74, 6) is 0. The zero-order valence-corrected chi connectivity index (χ0v) is 8.32. The zero-order chi connectivity index (χ0) is 8.81. The van der Waals surface area contributed by atoms with Crippen molar-refractivity contribution in [2.75, 3.05) is 32.8 Å². The molecule has 0 aromatic rings. The Kier molecular flexibility index (Phi) is 4.32. The maximum Gasteiger partial charge on any atom is 0.169 e. The zero-order valence-electron chi connectivity index (χ0n) is 7.51. The SMILES string of the molecule is CCNC(=S)N1CCCOCC1. The second kappa shape index (κ2) is 5.32. The summed E-state index contributed by atoms with van der Waals surface area (Å²) in [5, 5.41) is 4.01. The number of nitrogens with one attached hydrogen (secondary N) is 1. The number of thiocarbonyl (C=S) groups is 1. The molecule has 0 aromatic heterocycles. The molecule has 1 aliphatic rings. The Hall–Kier alpha value is -0.350. The first-order valence-corrected chi connectivity index (χ1v) is 4.86. The van der Waals surface area contributed by atoms with Gasteiger partial charge in [-0.05, 0) is 25.6 Å². The molecule has 0 atom stereocenters. The van der Waals surface area contributed by atoms with E-state index in [1.54, 1.807) is 0 Å². The highest BCUT2D eigenvalue weighted by atomic mass is 32.1. The van der Waals surface area contributed by atoms with E-state index in [0.717, 1.165) is 44.4 Å². The monoisotopic (exact) mass is 188 g/mol. The van der Waals surface area contributed by atoms with Crippen molar-refractivity contribution in [2.24, 2.45) is 0 Å². The average molecular weight is 188 g/mol. The Balaban J connectivity index is 2.32. The van der Waals surface area contributed by atoms with Gasteiger partial charge in [0.25, 0.3) is 0 Å². The highest BCUT2D eigenvalue weighted by Gasteiger charge is 2.10. The highest BCUT2D eigenvalue weighted by Crippen LogP contribution is 1.99.